The van der Waals surface area contributed by atoms with E-state index in [0.29, 0.717) is 29.7 Å². The molecule has 4 rings (SSSR count). The Bertz CT molecular complexity index is 963. The number of urea groups is 1. The first-order chi connectivity index (χ1) is 14.2. The molecule has 1 atom stereocenters. The largest absolute Gasteiger partial charge is 0.416 e. The Morgan fingerprint density at radius 3 is 2.43 bits per heavy atom. The Labute approximate surface area is 172 Å². The zero-order chi connectivity index (χ0) is 21.5. The molecule has 0 spiro atoms. The van der Waals surface area contributed by atoms with Gasteiger partial charge in [0, 0.05) is 50.2 Å². The van der Waals surface area contributed by atoms with Crippen molar-refractivity contribution < 1.29 is 22.8 Å². The number of fused-ring (bicyclic) bond motifs is 1. The molecular formula is C21H25F3N4O2. The summed E-state index contributed by atoms with van der Waals surface area (Å²) in [6.07, 6.45) is -0.820. The summed E-state index contributed by atoms with van der Waals surface area (Å²) in [5, 5.41) is 3.33. The number of nitrogens with zero attached hydrogens (tertiary/aromatic N) is 3. The average molecular weight is 422 g/mol. The fraction of sp³-hybridized carbons (Fsp3) is 0.524. The molecule has 30 heavy (non-hydrogen) atoms. The highest BCUT2D eigenvalue weighted by molar-refractivity contribution is 5.99. The Kier molecular flexibility index (Phi) is 5.38. The number of hydrogen-bond acceptors (Lipinski definition) is 2. The van der Waals surface area contributed by atoms with Gasteiger partial charge in [-0.1, -0.05) is 0 Å². The van der Waals surface area contributed by atoms with Crippen LogP contribution >= 0.6 is 0 Å². The van der Waals surface area contributed by atoms with Crippen LogP contribution in [0.15, 0.2) is 24.3 Å². The molecule has 3 amide bonds. The third-order valence-electron chi connectivity index (χ3n) is 6.01. The monoisotopic (exact) mass is 422 g/mol. The van der Waals surface area contributed by atoms with Gasteiger partial charge >= 0.3 is 12.2 Å². The smallest absolute Gasteiger partial charge is 0.346 e. The number of hydrogen-bond donors (Lipinski definition) is 1. The third-order valence-corrected chi connectivity index (χ3v) is 6.01. The van der Waals surface area contributed by atoms with Gasteiger partial charge in [0.15, 0.2) is 0 Å². The highest BCUT2D eigenvalue weighted by Crippen LogP contribution is 2.32. The first-order valence-electron chi connectivity index (χ1n) is 10.3. The molecule has 1 N–H and O–H groups in total. The summed E-state index contributed by atoms with van der Waals surface area (Å²) in [5.74, 6) is -0.345. The fourth-order valence-electron chi connectivity index (χ4n) is 4.38. The van der Waals surface area contributed by atoms with Gasteiger partial charge in [0.05, 0.1) is 5.56 Å². The van der Waals surface area contributed by atoms with E-state index in [-0.39, 0.29) is 18.0 Å². The molecule has 2 aliphatic rings. The summed E-state index contributed by atoms with van der Waals surface area (Å²) < 4.78 is 40.5. The number of halogens is 3. The minimum Gasteiger partial charge on any atom is -0.346 e. The predicted octanol–water partition coefficient (Wildman–Crippen LogP) is 3.61. The molecule has 0 saturated carbocycles. The minimum atomic E-state index is -4.43. The maximum absolute atomic E-state index is 13.0. The number of alkyl halides is 3. The number of nitrogens with one attached hydrogen (secondary N) is 1. The Balaban J connectivity index is 1.47. The SMILES string of the molecule is Cn1c(C(=O)NC2CCCN(C(=O)N3CCCC3)C2)cc2cc(C(F)(F)F)ccc21. The Hall–Kier alpha value is -2.71. The van der Waals surface area contributed by atoms with Gasteiger partial charge in [-0.3, -0.25) is 4.79 Å². The summed E-state index contributed by atoms with van der Waals surface area (Å²) >= 11 is 0. The van der Waals surface area contributed by atoms with Gasteiger partial charge in [-0.05, 0) is 49.9 Å². The van der Waals surface area contributed by atoms with Gasteiger partial charge in [0.25, 0.3) is 5.91 Å². The Morgan fingerprint density at radius 2 is 1.73 bits per heavy atom. The molecular weight excluding hydrogens is 397 g/mol. The summed E-state index contributed by atoms with van der Waals surface area (Å²) in [5.41, 5.74) is 0.117. The molecule has 1 unspecified atom stereocenters. The van der Waals surface area contributed by atoms with Crippen molar-refractivity contribution >= 4 is 22.8 Å². The van der Waals surface area contributed by atoms with Crippen molar-refractivity contribution in [1.82, 2.24) is 19.7 Å². The maximum Gasteiger partial charge on any atom is 0.416 e. The van der Waals surface area contributed by atoms with Crippen LogP contribution in [0.1, 0.15) is 41.7 Å². The number of amides is 3. The van der Waals surface area contributed by atoms with Crippen molar-refractivity contribution in [2.75, 3.05) is 26.2 Å². The molecule has 9 heteroatoms. The van der Waals surface area contributed by atoms with Gasteiger partial charge < -0.3 is 19.7 Å². The van der Waals surface area contributed by atoms with Crippen LogP contribution in [0.4, 0.5) is 18.0 Å². The zero-order valence-corrected chi connectivity index (χ0v) is 16.8. The molecule has 2 aliphatic heterocycles. The van der Waals surface area contributed by atoms with Crippen LogP contribution in [0.2, 0.25) is 0 Å². The number of carbonyl (C=O) groups is 2. The van der Waals surface area contributed by atoms with Crippen LogP contribution in [0.5, 0.6) is 0 Å². The molecule has 0 radical (unpaired) electrons. The van der Waals surface area contributed by atoms with Crippen LogP contribution in [0.3, 0.4) is 0 Å². The first-order valence-corrected chi connectivity index (χ1v) is 10.3. The van der Waals surface area contributed by atoms with E-state index in [4.69, 9.17) is 0 Å². The van der Waals surface area contributed by atoms with Gasteiger partial charge in [0.1, 0.15) is 5.69 Å². The van der Waals surface area contributed by atoms with Gasteiger partial charge in [-0.25, -0.2) is 4.79 Å². The van der Waals surface area contributed by atoms with Crippen LogP contribution in [0, 0.1) is 0 Å². The molecule has 2 fully saturated rings. The van der Waals surface area contributed by atoms with Crippen molar-refractivity contribution in [3.8, 4) is 0 Å². The van der Waals surface area contributed by atoms with Crippen LogP contribution in [-0.2, 0) is 13.2 Å². The molecule has 162 valence electrons. The van der Waals surface area contributed by atoms with Gasteiger partial charge in [-0.15, -0.1) is 0 Å². The molecule has 0 bridgehead atoms. The van der Waals surface area contributed by atoms with E-state index in [1.807, 2.05) is 4.90 Å². The number of carbonyl (C=O) groups excluding carboxylic acids is 2. The van der Waals surface area contributed by atoms with E-state index in [1.165, 1.54) is 12.1 Å². The topological polar surface area (TPSA) is 57.6 Å². The lowest BCUT2D eigenvalue weighted by Gasteiger charge is -2.35. The highest BCUT2D eigenvalue weighted by Gasteiger charge is 2.32. The van der Waals surface area contributed by atoms with Crippen LogP contribution in [0.25, 0.3) is 10.9 Å². The lowest BCUT2D eigenvalue weighted by molar-refractivity contribution is -0.137. The molecule has 1 aromatic carbocycles. The second kappa shape index (κ2) is 7.85. The average Bonchev–Trinajstić information content (AvgIpc) is 3.35. The van der Waals surface area contributed by atoms with Crippen LogP contribution < -0.4 is 5.32 Å². The quantitative estimate of drug-likeness (QED) is 0.804. The Morgan fingerprint density at radius 1 is 1.03 bits per heavy atom. The molecule has 2 aromatic rings. The van der Waals surface area contributed by atoms with E-state index in [9.17, 15) is 22.8 Å². The summed E-state index contributed by atoms with van der Waals surface area (Å²) in [7, 11) is 1.66. The maximum atomic E-state index is 13.0. The molecule has 1 aromatic heterocycles. The fourth-order valence-corrected chi connectivity index (χ4v) is 4.38. The molecule has 3 heterocycles. The molecule has 2 saturated heterocycles. The summed E-state index contributed by atoms with van der Waals surface area (Å²) in [6, 6.07) is 4.79. The second-order valence-electron chi connectivity index (χ2n) is 8.10. The number of piperidine rings is 1. The van der Waals surface area contributed by atoms with Gasteiger partial charge in [0.2, 0.25) is 0 Å². The normalized spacial score (nSPS) is 20.1. The summed E-state index contributed by atoms with van der Waals surface area (Å²) in [6.45, 7) is 2.68. The zero-order valence-electron chi connectivity index (χ0n) is 16.8. The number of likely N-dealkylation sites (tertiary alicyclic amines) is 2. The second-order valence-corrected chi connectivity index (χ2v) is 8.10. The number of aromatic nitrogens is 1. The predicted molar refractivity (Wildman–Crippen MR) is 106 cm³/mol. The molecule has 0 aliphatic carbocycles. The summed E-state index contributed by atoms with van der Waals surface area (Å²) in [4.78, 5) is 29.1. The van der Waals surface area contributed by atoms with Crippen molar-refractivity contribution in [1.29, 1.82) is 0 Å². The van der Waals surface area contributed by atoms with Crippen LogP contribution in [-0.4, -0.2) is 58.5 Å². The van der Waals surface area contributed by atoms with Crippen molar-refractivity contribution in [2.24, 2.45) is 7.05 Å². The lowest BCUT2D eigenvalue weighted by Crippen LogP contribution is -2.52. The lowest BCUT2D eigenvalue weighted by atomic mass is 10.1. The van der Waals surface area contributed by atoms with E-state index >= 15 is 0 Å². The third kappa shape index (κ3) is 3.97. The minimum absolute atomic E-state index is 0.0238. The van der Waals surface area contributed by atoms with E-state index in [1.54, 1.807) is 16.5 Å². The number of rotatable bonds is 2. The molecule has 6 nitrogen and oxygen atoms in total. The van der Waals surface area contributed by atoms with Crippen molar-refractivity contribution in [3.63, 3.8) is 0 Å². The van der Waals surface area contributed by atoms with Crippen molar-refractivity contribution in [2.45, 2.75) is 37.9 Å². The number of aryl methyl sites for hydroxylation is 1. The highest BCUT2D eigenvalue weighted by atomic mass is 19.4. The van der Waals surface area contributed by atoms with E-state index in [2.05, 4.69) is 5.32 Å². The van der Waals surface area contributed by atoms with Gasteiger partial charge in [-0.2, -0.15) is 13.2 Å². The standard InChI is InChI=1S/C21H25F3N4O2/c1-26-17-7-6-15(21(22,23)24)11-14(17)12-18(26)19(29)25-16-5-4-10-28(13-16)20(30)27-8-2-3-9-27/h6-7,11-12,16H,2-5,8-10,13H2,1H3,(H,25,29). The van der Waals surface area contributed by atoms with E-state index in [0.717, 1.165) is 50.9 Å². The first kappa shape index (κ1) is 20.6. The van der Waals surface area contributed by atoms with E-state index < -0.39 is 11.7 Å². The number of benzene rings is 1. The van der Waals surface area contributed by atoms with Crippen molar-refractivity contribution in [3.05, 3.63) is 35.5 Å².